The standard InChI is InChI=1S/C17H22N4OS/c1-11(13-7-3-4-9-15(13)23-2)19-17(22)20-14-8-5-6-12-10-18-21-16(12)14/h3-4,7,9-11,14H,5-6,8H2,1-2H3,(H,18,21)(H2,19,20,22)/t11-,14?/m0/s1. The van der Waals surface area contributed by atoms with E-state index in [1.807, 2.05) is 31.5 Å². The van der Waals surface area contributed by atoms with Crippen LogP contribution in [-0.2, 0) is 6.42 Å². The molecule has 1 heterocycles. The van der Waals surface area contributed by atoms with Crippen LogP contribution in [0.5, 0.6) is 0 Å². The zero-order chi connectivity index (χ0) is 16.2. The number of hydrogen-bond donors (Lipinski definition) is 3. The molecule has 0 fully saturated rings. The van der Waals surface area contributed by atoms with Crippen molar-refractivity contribution in [1.82, 2.24) is 20.8 Å². The molecule has 0 saturated heterocycles. The molecule has 0 bridgehead atoms. The highest BCUT2D eigenvalue weighted by Gasteiger charge is 2.24. The molecule has 0 aliphatic heterocycles. The van der Waals surface area contributed by atoms with Crippen LogP contribution in [0.3, 0.4) is 0 Å². The van der Waals surface area contributed by atoms with Crippen molar-refractivity contribution in [2.75, 3.05) is 6.26 Å². The molecule has 1 aliphatic carbocycles. The Bertz CT molecular complexity index is 685. The molecule has 5 nitrogen and oxygen atoms in total. The number of rotatable bonds is 4. The van der Waals surface area contributed by atoms with Crippen LogP contribution in [0.4, 0.5) is 4.79 Å². The van der Waals surface area contributed by atoms with Crippen molar-refractivity contribution in [3.8, 4) is 0 Å². The molecular weight excluding hydrogens is 308 g/mol. The first-order chi connectivity index (χ1) is 11.2. The number of aromatic amines is 1. The van der Waals surface area contributed by atoms with E-state index in [1.54, 1.807) is 11.8 Å². The van der Waals surface area contributed by atoms with E-state index in [-0.39, 0.29) is 18.1 Å². The maximum absolute atomic E-state index is 12.4. The first kappa shape index (κ1) is 15.9. The highest BCUT2D eigenvalue weighted by Crippen LogP contribution is 2.28. The number of carbonyl (C=O) groups excluding carboxylic acids is 1. The summed E-state index contributed by atoms with van der Waals surface area (Å²) in [6.45, 7) is 2.01. The molecule has 1 aromatic carbocycles. The van der Waals surface area contributed by atoms with Gasteiger partial charge in [0.25, 0.3) is 0 Å². The number of benzene rings is 1. The molecule has 6 heteroatoms. The van der Waals surface area contributed by atoms with Gasteiger partial charge >= 0.3 is 6.03 Å². The van der Waals surface area contributed by atoms with Crippen LogP contribution in [0.2, 0.25) is 0 Å². The van der Waals surface area contributed by atoms with Crippen LogP contribution in [-0.4, -0.2) is 22.5 Å². The summed E-state index contributed by atoms with van der Waals surface area (Å²) >= 11 is 1.69. The fourth-order valence-corrected chi connectivity index (χ4v) is 3.80. The summed E-state index contributed by atoms with van der Waals surface area (Å²) < 4.78 is 0. The predicted molar refractivity (Wildman–Crippen MR) is 92.6 cm³/mol. The number of carbonyl (C=O) groups is 1. The van der Waals surface area contributed by atoms with E-state index >= 15 is 0 Å². The Hall–Kier alpha value is -1.95. The minimum absolute atomic E-state index is 0.0178. The largest absolute Gasteiger partial charge is 0.332 e. The van der Waals surface area contributed by atoms with E-state index in [2.05, 4.69) is 33.0 Å². The fraction of sp³-hybridized carbons (Fsp3) is 0.412. The third-order valence-electron chi connectivity index (χ3n) is 4.30. The number of urea groups is 1. The van der Waals surface area contributed by atoms with Gasteiger partial charge in [0.1, 0.15) is 0 Å². The second kappa shape index (κ2) is 7.08. The molecule has 0 spiro atoms. The molecule has 0 saturated carbocycles. The lowest BCUT2D eigenvalue weighted by molar-refractivity contribution is 0.232. The lowest BCUT2D eigenvalue weighted by Gasteiger charge is -2.24. The first-order valence-corrected chi connectivity index (χ1v) is 9.13. The first-order valence-electron chi connectivity index (χ1n) is 7.91. The van der Waals surface area contributed by atoms with Crippen molar-refractivity contribution in [3.05, 3.63) is 47.3 Å². The van der Waals surface area contributed by atoms with Gasteiger partial charge in [-0.2, -0.15) is 5.10 Å². The highest BCUT2D eigenvalue weighted by atomic mass is 32.2. The minimum Gasteiger partial charge on any atom is -0.332 e. The number of thioether (sulfide) groups is 1. The summed E-state index contributed by atoms with van der Waals surface area (Å²) in [7, 11) is 0. The third kappa shape index (κ3) is 3.52. The number of fused-ring (bicyclic) bond motifs is 1. The van der Waals surface area contributed by atoms with Crippen LogP contribution >= 0.6 is 11.8 Å². The van der Waals surface area contributed by atoms with Crippen molar-refractivity contribution < 1.29 is 4.79 Å². The second-order valence-corrected chi connectivity index (χ2v) is 6.68. The van der Waals surface area contributed by atoms with E-state index in [0.29, 0.717) is 0 Å². The fourth-order valence-electron chi connectivity index (χ4n) is 3.11. The molecule has 1 aromatic heterocycles. The van der Waals surface area contributed by atoms with Gasteiger partial charge in [-0.05, 0) is 49.6 Å². The van der Waals surface area contributed by atoms with Crippen LogP contribution in [0.1, 0.15) is 48.7 Å². The number of nitrogens with one attached hydrogen (secondary N) is 3. The van der Waals surface area contributed by atoms with E-state index in [9.17, 15) is 4.79 Å². The van der Waals surface area contributed by atoms with E-state index < -0.39 is 0 Å². The number of aromatic nitrogens is 2. The molecule has 23 heavy (non-hydrogen) atoms. The molecule has 3 N–H and O–H groups in total. The van der Waals surface area contributed by atoms with Gasteiger partial charge in [0.05, 0.1) is 24.0 Å². The van der Waals surface area contributed by atoms with Gasteiger partial charge in [-0.1, -0.05) is 18.2 Å². The Labute approximate surface area is 140 Å². The van der Waals surface area contributed by atoms with Crippen molar-refractivity contribution in [2.45, 2.75) is 43.2 Å². The quantitative estimate of drug-likeness (QED) is 0.751. The topological polar surface area (TPSA) is 69.8 Å². The smallest absolute Gasteiger partial charge is 0.315 e. The highest BCUT2D eigenvalue weighted by molar-refractivity contribution is 7.98. The lowest BCUT2D eigenvalue weighted by Crippen LogP contribution is -2.40. The molecule has 1 aliphatic rings. The van der Waals surface area contributed by atoms with Gasteiger partial charge in [0, 0.05) is 4.90 Å². The summed E-state index contributed by atoms with van der Waals surface area (Å²) in [6, 6.07) is 8.00. The predicted octanol–water partition coefficient (Wildman–Crippen LogP) is 3.57. The monoisotopic (exact) mass is 330 g/mol. The Balaban J connectivity index is 1.64. The van der Waals surface area contributed by atoms with Gasteiger partial charge in [-0.15, -0.1) is 11.8 Å². The normalized spacial score (nSPS) is 18.1. The molecule has 1 unspecified atom stereocenters. The Morgan fingerprint density at radius 3 is 3.09 bits per heavy atom. The summed E-state index contributed by atoms with van der Waals surface area (Å²) in [4.78, 5) is 13.6. The van der Waals surface area contributed by atoms with Crippen molar-refractivity contribution in [2.24, 2.45) is 0 Å². The number of aryl methyl sites for hydroxylation is 1. The lowest BCUT2D eigenvalue weighted by atomic mass is 9.94. The van der Waals surface area contributed by atoms with Crippen molar-refractivity contribution in [1.29, 1.82) is 0 Å². The van der Waals surface area contributed by atoms with Gasteiger partial charge in [0.2, 0.25) is 0 Å². The maximum atomic E-state index is 12.4. The number of nitrogens with zero attached hydrogens (tertiary/aromatic N) is 1. The minimum atomic E-state index is -0.138. The molecular formula is C17H22N4OS. The van der Waals surface area contributed by atoms with Crippen LogP contribution < -0.4 is 10.6 Å². The van der Waals surface area contributed by atoms with Crippen LogP contribution in [0, 0.1) is 0 Å². The average molecular weight is 330 g/mol. The molecule has 0 radical (unpaired) electrons. The number of amides is 2. The van der Waals surface area contributed by atoms with Gasteiger partial charge in [-0.25, -0.2) is 4.79 Å². The zero-order valence-corrected chi connectivity index (χ0v) is 14.2. The average Bonchev–Trinajstić information content (AvgIpc) is 3.04. The second-order valence-electron chi connectivity index (χ2n) is 5.84. The summed E-state index contributed by atoms with van der Waals surface area (Å²) in [5.41, 5.74) is 3.40. The zero-order valence-electron chi connectivity index (χ0n) is 13.4. The molecule has 2 atom stereocenters. The third-order valence-corrected chi connectivity index (χ3v) is 5.11. The molecule has 122 valence electrons. The van der Waals surface area contributed by atoms with E-state index in [1.165, 1.54) is 10.5 Å². The van der Waals surface area contributed by atoms with Crippen LogP contribution in [0.15, 0.2) is 35.4 Å². The van der Waals surface area contributed by atoms with Gasteiger partial charge in [-0.3, -0.25) is 5.10 Å². The van der Waals surface area contributed by atoms with Gasteiger partial charge in [0.15, 0.2) is 0 Å². The Morgan fingerprint density at radius 1 is 1.43 bits per heavy atom. The molecule has 3 rings (SSSR count). The number of H-pyrrole nitrogens is 1. The summed E-state index contributed by atoms with van der Waals surface area (Å²) in [5, 5.41) is 13.2. The summed E-state index contributed by atoms with van der Waals surface area (Å²) in [6.07, 6.45) is 6.95. The van der Waals surface area contributed by atoms with Crippen molar-refractivity contribution in [3.63, 3.8) is 0 Å². The van der Waals surface area contributed by atoms with E-state index in [0.717, 1.165) is 30.5 Å². The Kier molecular flexibility index (Phi) is 4.91. The maximum Gasteiger partial charge on any atom is 0.315 e. The molecule has 2 aromatic rings. The van der Waals surface area contributed by atoms with E-state index in [4.69, 9.17) is 0 Å². The Morgan fingerprint density at radius 2 is 2.26 bits per heavy atom. The molecule has 2 amide bonds. The summed E-state index contributed by atoms with van der Waals surface area (Å²) in [5.74, 6) is 0. The SMILES string of the molecule is CSc1ccccc1[C@H](C)NC(=O)NC1CCCc2cn[nH]c21. The number of hydrogen-bond acceptors (Lipinski definition) is 3. The van der Waals surface area contributed by atoms with Crippen molar-refractivity contribution >= 4 is 17.8 Å². The van der Waals surface area contributed by atoms with Crippen LogP contribution in [0.25, 0.3) is 0 Å². The van der Waals surface area contributed by atoms with Gasteiger partial charge < -0.3 is 10.6 Å².